The molecule has 2 rings (SSSR count). The van der Waals surface area contributed by atoms with E-state index in [9.17, 15) is 13.2 Å². The quantitative estimate of drug-likeness (QED) is 0.665. The number of halogens is 3. The van der Waals surface area contributed by atoms with Crippen LogP contribution in [-0.2, 0) is 10.9 Å². The molecule has 1 fully saturated rings. The number of nitrogens with one attached hydrogen (secondary N) is 1. The first kappa shape index (κ1) is 15.1. The predicted molar refractivity (Wildman–Crippen MR) is 70.0 cm³/mol. The van der Waals surface area contributed by atoms with Gasteiger partial charge in [-0.1, -0.05) is 0 Å². The molecule has 0 unspecified atom stereocenters. The molecule has 0 bridgehead atoms. The van der Waals surface area contributed by atoms with Crippen molar-refractivity contribution in [2.75, 3.05) is 13.2 Å². The molecule has 0 spiro atoms. The lowest BCUT2D eigenvalue weighted by molar-refractivity contribution is -0.141. The number of rotatable bonds is 3. The minimum absolute atomic E-state index is 0.137. The maximum atomic E-state index is 12.7. The molecular weight excluding hydrogens is 291 g/mol. The van der Waals surface area contributed by atoms with Crippen LogP contribution in [0.4, 0.5) is 13.2 Å². The zero-order chi connectivity index (χ0) is 14.8. The molecule has 2 heterocycles. The zero-order valence-electron chi connectivity index (χ0n) is 10.5. The average Bonchev–Trinajstić information content (AvgIpc) is 2.38. The van der Waals surface area contributed by atoms with Crippen LogP contribution in [0.1, 0.15) is 24.1 Å². The van der Waals surface area contributed by atoms with Gasteiger partial charge in [-0.2, -0.15) is 13.2 Å². The summed E-state index contributed by atoms with van der Waals surface area (Å²) in [5.41, 5.74) is 4.69. The summed E-state index contributed by atoms with van der Waals surface area (Å²) in [6.45, 7) is 1.18. The molecule has 1 aliphatic heterocycles. The van der Waals surface area contributed by atoms with E-state index in [2.05, 4.69) is 4.98 Å². The van der Waals surface area contributed by atoms with Crippen LogP contribution in [0.15, 0.2) is 17.2 Å². The molecule has 1 aromatic rings. The average molecular weight is 305 g/mol. The summed E-state index contributed by atoms with van der Waals surface area (Å²) < 4.78 is 43.3. The Morgan fingerprint density at radius 3 is 2.55 bits per heavy atom. The van der Waals surface area contributed by atoms with E-state index in [0.717, 1.165) is 18.9 Å². The van der Waals surface area contributed by atoms with Gasteiger partial charge in [0, 0.05) is 24.0 Å². The Hall–Kier alpha value is -1.28. The number of nitrogen functional groups attached to an aromatic ring is 1. The van der Waals surface area contributed by atoms with Gasteiger partial charge in [0.25, 0.3) is 0 Å². The van der Waals surface area contributed by atoms with Crippen LogP contribution >= 0.6 is 11.8 Å². The van der Waals surface area contributed by atoms with Crippen molar-refractivity contribution in [3.63, 3.8) is 0 Å². The van der Waals surface area contributed by atoms with Gasteiger partial charge < -0.3 is 10.5 Å². The first-order valence-corrected chi connectivity index (χ1v) is 6.93. The fraction of sp³-hybridized carbons (Fsp3) is 0.500. The number of ether oxygens (including phenoxy) is 1. The molecule has 1 aliphatic rings. The number of nitrogens with zero attached hydrogens (tertiary/aromatic N) is 1. The van der Waals surface area contributed by atoms with E-state index in [1.54, 1.807) is 0 Å². The zero-order valence-corrected chi connectivity index (χ0v) is 11.4. The van der Waals surface area contributed by atoms with Gasteiger partial charge in [0.05, 0.1) is 0 Å². The highest BCUT2D eigenvalue weighted by molar-refractivity contribution is 7.99. The number of thioether (sulfide) groups is 1. The molecule has 0 atom stereocenters. The molecule has 8 heteroatoms. The minimum atomic E-state index is -4.50. The topological polar surface area (TPSA) is 72.0 Å². The van der Waals surface area contributed by atoms with Crippen molar-refractivity contribution in [2.45, 2.75) is 29.3 Å². The number of hydrogen-bond acceptors (Lipinski definition) is 4. The summed E-state index contributed by atoms with van der Waals surface area (Å²) in [5, 5.41) is 7.74. The molecule has 0 aromatic carbocycles. The highest BCUT2D eigenvalue weighted by Crippen LogP contribution is 2.34. The van der Waals surface area contributed by atoms with Gasteiger partial charge in [-0.3, -0.25) is 5.41 Å². The summed E-state index contributed by atoms with van der Waals surface area (Å²) in [7, 11) is 0. The van der Waals surface area contributed by atoms with Crippen LogP contribution in [-0.4, -0.2) is 29.3 Å². The van der Waals surface area contributed by atoms with Crippen molar-refractivity contribution in [3.8, 4) is 0 Å². The third kappa shape index (κ3) is 3.63. The second-order valence-electron chi connectivity index (χ2n) is 4.39. The number of alkyl halides is 3. The molecular formula is C12H14F3N3OS. The molecule has 3 N–H and O–H groups in total. The van der Waals surface area contributed by atoms with Gasteiger partial charge >= 0.3 is 6.18 Å². The number of nitrogens with two attached hydrogens (primary N) is 1. The molecule has 0 saturated carbocycles. The van der Waals surface area contributed by atoms with Crippen LogP contribution in [0, 0.1) is 5.41 Å². The lowest BCUT2D eigenvalue weighted by Crippen LogP contribution is -2.20. The Morgan fingerprint density at radius 2 is 2.00 bits per heavy atom. The van der Waals surface area contributed by atoms with Gasteiger partial charge in [0.1, 0.15) is 16.6 Å². The highest BCUT2D eigenvalue weighted by Gasteiger charge is 2.33. The first-order chi connectivity index (χ1) is 9.38. The van der Waals surface area contributed by atoms with Gasteiger partial charge in [0.2, 0.25) is 0 Å². The van der Waals surface area contributed by atoms with E-state index < -0.39 is 11.9 Å². The smallest absolute Gasteiger partial charge is 0.384 e. The van der Waals surface area contributed by atoms with Crippen molar-refractivity contribution in [1.29, 1.82) is 5.41 Å². The van der Waals surface area contributed by atoms with Crippen molar-refractivity contribution >= 4 is 17.6 Å². The second-order valence-corrected chi connectivity index (χ2v) is 5.68. The predicted octanol–water partition coefficient (Wildman–Crippen LogP) is 2.66. The van der Waals surface area contributed by atoms with E-state index >= 15 is 0 Å². The van der Waals surface area contributed by atoms with E-state index in [1.165, 1.54) is 17.8 Å². The van der Waals surface area contributed by atoms with Crippen LogP contribution in [0.25, 0.3) is 0 Å². The molecule has 4 nitrogen and oxygen atoms in total. The summed E-state index contributed by atoms with van der Waals surface area (Å²) in [4.78, 5) is 3.64. The van der Waals surface area contributed by atoms with Crippen molar-refractivity contribution < 1.29 is 17.9 Å². The fourth-order valence-electron chi connectivity index (χ4n) is 1.84. The van der Waals surface area contributed by atoms with Crippen LogP contribution in [0.5, 0.6) is 0 Å². The Morgan fingerprint density at radius 1 is 1.35 bits per heavy atom. The SMILES string of the molecule is N=C(N)c1ccc(C(F)(F)F)nc1SC1CCOCC1. The molecule has 1 aromatic heterocycles. The van der Waals surface area contributed by atoms with Crippen LogP contribution in [0.2, 0.25) is 0 Å². The molecule has 1 saturated heterocycles. The lowest BCUT2D eigenvalue weighted by Gasteiger charge is -2.22. The first-order valence-electron chi connectivity index (χ1n) is 6.05. The standard InChI is InChI=1S/C12H14F3N3OS/c13-12(14,15)9-2-1-8(10(16)17)11(18-9)20-7-3-5-19-6-4-7/h1-2,7H,3-6H2,(H3,16,17). The van der Waals surface area contributed by atoms with Crippen LogP contribution < -0.4 is 5.73 Å². The van der Waals surface area contributed by atoms with Crippen molar-refractivity contribution in [2.24, 2.45) is 5.73 Å². The van der Waals surface area contributed by atoms with Gasteiger partial charge in [-0.05, 0) is 25.0 Å². The molecule has 0 aliphatic carbocycles. The molecule has 110 valence electrons. The summed E-state index contributed by atoms with van der Waals surface area (Å²) in [6, 6.07) is 2.06. The lowest BCUT2D eigenvalue weighted by atomic mass is 10.2. The fourth-order valence-corrected chi connectivity index (χ4v) is 3.04. The number of amidine groups is 1. The van der Waals surface area contributed by atoms with E-state index in [0.29, 0.717) is 13.2 Å². The summed E-state index contributed by atoms with van der Waals surface area (Å²) in [5.74, 6) is -0.277. The molecule has 0 amide bonds. The Kier molecular flexibility index (Phi) is 4.54. The Labute approximate surface area is 118 Å². The van der Waals surface area contributed by atoms with Crippen molar-refractivity contribution in [1.82, 2.24) is 4.98 Å². The van der Waals surface area contributed by atoms with Crippen LogP contribution in [0.3, 0.4) is 0 Å². The Bertz CT molecular complexity index is 501. The number of pyridine rings is 1. The van der Waals surface area contributed by atoms with Gasteiger partial charge in [0.15, 0.2) is 0 Å². The molecule has 0 radical (unpaired) electrons. The normalized spacial score (nSPS) is 17.1. The summed E-state index contributed by atoms with van der Waals surface area (Å²) in [6.07, 6.45) is -3.00. The Balaban J connectivity index is 2.29. The maximum Gasteiger partial charge on any atom is 0.433 e. The number of aromatic nitrogens is 1. The van der Waals surface area contributed by atoms with Gasteiger partial charge in [-0.15, -0.1) is 11.8 Å². The maximum absolute atomic E-state index is 12.7. The van der Waals surface area contributed by atoms with E-state index in [1.807, 2.05) is 0 Å². The summed E-state index contributed by atoms with van der Waals surface area (Å²) >= 11 is 1.24. The highest BCUT2D eigenvalue weighted by atomic mass is 32.2. The monoisotopic (exact) mass is 305 g/mol. The second kappa shape index (κ2) is 6.01. The third-order valence-electron chi connectivity index (χ3n) is 2.89. The minimum Gasteiger partial charge on any atom is -0.384 e. The third-order valence-corrected chi connectivity index (χ3v) is 4.23. The van der Waals surface area contributed by atoms with Gasteiger partial charge in [-0.25, -0.2) is 4.98 Å². The van der Waals surface area contributed by atoms with E-state index in [4.69, 9.17) is 15.9 Å². The molecule has 20 heavy (non-hydrogen) atoms. The number of hydrogen-bond donors (Lipinski definition) is 2. The van der Waals surface area contributed by atoms with Crippen molar-refractivity contribution in [3.05, 3.63) is 23.4 Å². The van der Waals surface area contributed by atoms with E-state index in [-0.39, 0.29) is 21.7 Å². The largest absolute Gasteiger partial charge is 0.433 e.